The van der Waals surface area contributed by atoms with Gasteiger partial charge in [-0.2, -0.15) is 0 Å². The van der Waals surface area contributed by atoms with Gasteiger partial charge in [-0.25, -0.2) is 0 Å². The predicted molar refractivity (Wildman–Crippen MR) is 57.0 cm³/mol. The third-order valence-corrected chi connectivity index (χ3v) is 3.03. The zero-order chi connectivity index (χ0) is 10.8. The Morgan fingerprint density at radius 1 is 1.20 bits per heavy atom. The highest BCUT2D eigenvalue weighted by atomic mass is 16.2. The van der Waals surface area contributed by atoms with Crippen LogP contribution in [-0.4, -0.2) is 23.1 Å². The van der Waals surface area contributed by atoms with Gasteiger partial charge in [-0.1, -0.05) is 6.08 Å². The van der Waals surface area contributed by atoms with Crippen LogP contribution in [0.2, 0.25) is 0 Å². The molecule has 0 saturated heterocycles. The molecule has 15 heavy (non-hydrogen) atoms. The minimum atomic E-state index is 0.128. The number of hydrogen-bond acceptors (Lipinski definition) is 2. The van der Waals surface area contributed by atoms with Crippen molar-refractivity contribution in [2.75, 3.05) is 6.54 Å². The van der Waals surface area contributed by atoms with Gasteiger partial charge in [-0.15, -0.1) is 6.58 Å². The van der Waals surface area contributed by atoms with Crippen LogP contribution in [0.4, 0.5) is 0 Å². The first kappa shape index (κ1) is 10.1. The number of amides is 1. The summed E-state index contributed by atoms with van der Waals surface area (Å²) < 4.78 is 0. The molecule has 2 aliphatic rings. The quantitative estimate of drug-likeness (QED) is 0.645. The second-order valence-electron chi connectivity index (χ2n) is 3.99. The molecule has 1 aliphatic carbocycles. The maximum absolute atomic E-state index is 11.7. The van der Waals surface area contributed by atoms with Crippen molar-refractivity contribution in [1.82, 2.24) is 4.90 Å². The van der Waals surface area contributed by atoms with E-state index in [-0.39, 0.29) is 11.7 Å². The van der Waals surface area contributed by atoms with Crippen molar-refractivity contribution in [2.24, 2.45) is 0 Å². The molecular formula is C12H15NO2. The van der Waals surface area contributed by atoms with Crippen LogP contribution < -0.4 is 0 Å². The second-order valence-corrected chi connectivity index (χ2v) is 3.99. The van der Waals surface area contributed by atoms with Crippen molar-refractivity contribution in [2.45, 2.75) is 32.1 Å². The Labute approximate surface area is 89.4 Å². The lowest BCUT2D eigenvalue weighted by Crippen LogP contribution is -2.37. The Morgan fingerprint density at radius 3 is 2.73 bits per heavy atom. The third kappa shape index (κ3) is 1.74. The van der Waals surface area contributed by atoms with Gasteiger partial charge < -0.3 is 4.90 Å². The summed E-state index contributed by atoms with van der Waals surface area (Å²) in [4.78, 5) is 25.1. The van der Waals surface area contributed by atoms with Crippen LogP contribution in [0.3, 0.4) is 0 Å². The molecule has 0 unspecified atom stereocenters. The maximum Gasteiger partial charge on any atom is 0.227 e. The van der Waals surface area contributed by atoms with Crippen LogP contribution >= 0.6 is 0 Å². The van der Waals surface area contributed by atoms with Crippen molar-refractivity contribution in [1.29, 1.82) is 0 Å². The fourth-order valence-electron chi connectivity index (χ4n) is 2.32. The molecule has 0 spiro atoms. The number of nitrogens with zero attached hydrogens (tertiary/aromatic N) is 1. The highest BCUT2D eigenvalue weighted by molar-refractivity contribution is 5.99. The monoisotopic (exact) mass is 205 g/mol. The fraction of sp³-hybridized carbons (Fsp3) is 0.500. The van der Waals surface area contributed by atoms with Gasteiger partial charge in [0.2, 0.25) is 5.91 Å². The molecule has 0 radical (unpaired) electrons. The maximum atomic E-state index is 11.7. The molecule has 0 aromatic heterocycles. The summed E-state index contributed by atoms with van der Waals surface area (Å²) in [5.74, 6) is 0.362. The zero-order valence-electron chi connectivity index (χ0n) is 8.79. The van der Waals surface area contributed by atoms with Crippen LogP contribution in [0.5, 0.6) is 0 Å². The molecular weight excluding hydrogens is 190 g/mol. The van der Waals surface area contributed by atoms with Crippen molar-refractivity contribution < 1.29 is 9.59 Å². The summed E-state index contributed by atoms with van der Waals surface area (Å²) in [6, 6.07) is 0. The molecule has 1 aliphatic heterocycles. The summed E-state index contributed by atoms with van der Waals surface area (Å²) >= 11 is 0. The topological polar surface area (TPSA) is 37.4 Å². The van der Waals surface area contributed by atoms with Gasteiger partial charge in [-0.05, 0) is 19.3 Å². The lowest BCUT2D eigenvalue weighted by Gasteiger charge is -2.33. The van der Waals surface area contributed by atoms with Gasteiger partial charge in [0.25, 0.3) is 0 Å². The summed E-state index contributed by atoms with van der Waals surface area (Å²) in [7, 11) is 0. The number of ketones is 1. The van der Waals surface area contributed by atoms with E-state index in [0.717, 1.165) is 24.1 Å². The fourth-order valence-corrected chi connectivity index (χ4v) is 2.32. The summed E-state index contributed by atoms with van der Waals surface area (Å²) in [6.07, 6.45) is 5.21. The third-order valence-electron chi connectivity index (χ3n) is 3.03. The van der Waals surface area contributed by atoms with E-state index in [4.69, 9.17) is 0 Å². The van der Waals surface area contributed by atoms with Crippen molar-refractivity contribution >= 4 is 11.7 Å². The van der Waals surface area contributed by atoms with Crippen LogP contribution in [0.1, 0.15) is 32.1 Å². The molecule has 0 saturated carbocycles. The van der Waals surface area contributed by atoms with Gasteiger partial charge in [0.05, 0.1) is 0 Å². The molecule has 0 bridgehead atoms. The zero-order valence-corrected chi connectivity index (χ0v) is 8.79. The summed E-state index contributed by atoms with van der Waals surface area (Å²) in [5.41, 5.74) is 1.85. The van der Waals surface area contributed by atoms with E-state index in [1.165, 1.54) is 0 Å². The molecule has 0 atom stereocenters. The van der Waals surface area contributed by atoms with Gasteiger partial charge in [0.1, 0.15) is 0 Å². The number of Topliss-reactive ketones (excluding diaryl/α,β-unsaturated/α-hetero) is 1. The smallest absolute Gasteiger partial charge is 0.227 e. The summed E-state index contributed by atoms with van der Waals surface area (Å²) in [5, 5.41) is 0. The first-order chi connectivity index (χ1) is 7.24. The largest absolute Gasteiger partial charge is 0.312 e. The number of allylic oxidation sites excluding steroid dienone is 2. The second kappa shape index (κ2) is 4.01. The van der Waals surface area contributed by atoms with Gasteiger partial charge in [-0.3, -0.25) is 9.59 Å². The molecule has 0 N–H and O–H groups in total. The number of carbonyl (C=O) groups excluding carboxylic acids is 2. The first-order valence-corrected chi connectivity index (χ1v) is 5.40. The average Bonchev–Trinajstić information content (AvgIpc) is 2.23. The number of rotatable bonds is 2. The van der Waals surface area contributed by atoms with Crippen LogP contribution in [0.15, 0.2) is 23.9 Å². The van der Waals surface area contributed by atoms with Crippen molar-refractivity contribution in [3.63, 3.8) is 0 Å². The van der Waals surface area contributed by atoms with E-state index in [1.807, 2.05) is 0 Å². The number of carbonyl (C=O) groups is 2. The summed E-state index contributed by atoms with van der Waals surface area (Å²) in [6.45, 7) is 4.18. The molecule has 0 aromatic carbocycles. The molecule has 80 valence electrons. The average molecular weight is 205 g/mol. The number of hydrogen-bond donors (Lipinski definition) is 0. The molecule has 0 aromatic rings. The Morgan fingerprint density at radius 2 is 2.00 bits per heavy atom. The molecule has 1 amide bonds. The van der Waals surface area contributed by atoms with Gasteiger partial charge in [0.15, 0.2) is 5.78 Å². The van der Waals surface area contributed by atoms with Crippen LogP contribution in [-0.2, 0) is 9.59 Å². The Balaban J connectivity index is 2.35. The Kier molecular flexibility index (Phi) is 2.71. The molecule has 3 heteroatoms. The minimum absolute atomic E-state index is 0.128. The lowest BCUT2D eigenvalue weighted by molar-refractivity contribution is -0.130. The standard InChI is InChI=1S/C12H15NO2/c1-2-8-13-10-4-3-5-11(14)9(10)6-7-12(13)15/h2H,1,3-8H2. The molecule has 2 rings (SSSR count). The predicted octanol–water partition coefficient (Wildman–Crippen LogP) is 1.80. The molecule has 3 nitrogen and oxygen atoms in total. The van der Waals surface area contributed by atoms with E-state index in [9.17, 15) is 9.59 Å². The van der Waals surface area contributed by atoms with E-state index in [1.54, 1.807) is 11.0 Å². The normalized spacial score (nSPS) is 21.7. The van der Waals surface area contributed by atoms with E-state index >= 15 is 0 Å². The van der Waals surface area contributed by atoms with Crippen molar-refractivity contribution in [3.05, 3.63) is 23.9 Å². The highest BCUT2D eigenvalue weighted by Crippen LogP contribution is 2.32. The van der Waals surface area contributed by atoms with Crippen LogP contribution in [0, 0.1) is 0 Å². The van der Waals surface area contributed by atoms with E-state index in [2.05, 4.69) is 6.58 Å². The lowest BCUT2D eigenvalue weighted by atomic mass is 9.88. The first-order valence-electron chi connectivity index (χ1n) is 5.40. The van der Waals surface area contributed by atoms with Gasteiger partial charge >= 0.3 is 0 Å². The Bertz CT molecular complexity index is 355. The molecule has 1 heterocycles. The highest BCUT2D eigenvalue weighted by Gasteiger charge is 2.31. The molecule has 0 fully saturated rings. The van der Waals surface area contributed by atoms with E-state index < -0.39 is 0 Å². The van der Waals surface area contributed by atoms with Crippen molar-refractivity contribution in [3.8, 4) is 0 Å². The van der Waals surface area contributed by atoms with Gasteiger partial charge in [0, 0.05) is 30.7 Å². The minimum Gasteiger partial charge on any atom is -0.312 e. The Hall–Kier alpha value is -1.38. The van der Waals surface area contributed by atoms with E-state index in [0.29, 0.717) is 25.8 Å². The van der Waals surface area contributed by atoms with Crippen LogP contribution in [0.25, 0.3) is 0 Å². The SMILES string of the molecule is C=CCN1C(=O)CCC2=C1CCCC2=O.